The van der Waals surface area contributed by atoms with Gasteiger partial charge in [0.1, 0.15) is 23.0 Å². The quantitative estimate of drug-likeness (QED) is 0.727. The molecule has 0 aliphatic carbocycles. The highest BCUT2D eigenvalue weighted by atomic mass is 16.2. The van der Waals surface area contributed by atoms with Crippen molar-refractivity contribution in [3.63, 3.8) is 0 Å². The van der Waals surface area contributed by atoms with Crippen LogP contribution in [0, 0.1) is 6.92 Å². The van der Waals surface area contributed by atoms with Crippen molar-refractivity contribution in [2.24, 2.45) is 7.05 Å². The molecule has 1 N–H and O–H groups in total. The van der Waals surface area contributed by atoms with Crippen molar-refractivity contribution < 1.29 is 9.59 Å². The lowest BCUT2D eigenvalue weighted by atomic mass is 9.74. The van der Waals surface area contributed by atoms with E-state index in [0.717, 1.165) is 16.9 Å². The number of anilines is 1. The van der Waals surface area contributed by atoms with Gasteiger partial charge >= 0.3 is 0 Å². The average Bonchev–Trinajstić information content (AvgIpc) is 3.48. The first-order valence-electron chi connectivity index (χ1n) is 10.2. The van der Waals surface area contributed by atoms with Gasteiger partial charge in [-0.2, -0.15) is 5.10 Å². The summed E-state index contributed by atoms with van der Waals surface area (Å²) in [4.78, 5) is 33.5. The predicted molar refractivity (Wildman–Crippen MR) is 111 cm³/mol. The normalized spacial score (nSPS) is 22.6. The van der Waals surface area contributed by atoms with Crippen LogP contribution in [0.15, 0.2) is 42.7 Å². The van der Waals surface area contributed by atoms with Gasteiger partial charge in [0, 0.05) is 38.2 Å². The SMILES string of the molecule is CCn1nc(C)cc1C(=O)N1CC[C@]2(C(=O)Nc3ccccc32)[C@@H]1c1nccn1C. The molecular weight excluding hydrogens is 380 g/mol. The first-order valence-corrected chi connectivity index (χ1v) is 10.2. The van der Waals surface area contributed by atoms with Crippen molar-refractivity contribution in [1.82, 2.24) is 24.2 Å². The number of benzene rings is 1. The van der Waals surface area contributed by atoms with E-state index >= 15 is 0 Å². The third-order valence-corrected chi connectivity index (χ3v) is 6.37. The van der Waals surface area contributed by atoms with Crippen LogP contribution in [0.2, 0.25) is 0 Å². The van der Waals surface area contributed by atoms with Crippen molar-refractivity contribution in [3.05, 3.63) is 65.5 Å². The number of aromatic nitrogens is 4. The highest BCUT2D eigenvalue weighted by molar-refractivity contribution is 6.08. The molecule has 154 valence electrons. The molecule has 0 radical (unpaired) electrons. The predicted octanol–water partition coefficient (Wildman–Crippen LogP) is 2.42. The smallest absolute Gasteiger partial charge is 0.272 e. The molecule has 8 heteroatoms. The van der Waals surface area contributed by atoms with Crippen LogP contribution in [0.5, 0.6) is 0 Å². The van der Waals surface area contributed by atoms with Crippen LogP contribution in [-0.2, 0) is 23.8 Å². The molecule has 30 heavy (non-hydrogen) atoms. The first-order chi connectivity index (χ1) is 14.5. The molecule has 1 saturated heterocycles. The highest BCUT2D eigenvalue weighted by Crippen LogP contribution is 2.54. The Bertz CT molecular complexity index is 1160. The zero-order chi connectivity index (χ0) is 21.0. The van der Waals surface area contributed by atoms with Crippen LogP contribution in [0.3, 0.4) is 0 Å². The second kappa shape index (κ2) is 6.55. The number of amides is 2. The number of hydrogen-bond donors (Lipinski definition) is 1. The van der Waals surface area contributed by atoms with Crippen LogP contribution in [0.4, 0.5) is 5.69 Å². The van der Waals surface area contributed by atoms with Crippen molar-refractivity contribution in [3.8, 4) is 0 Å². The number of nitrogens with one attached hydrogen (secondary N) is 1. The molecule has 0 saturated carbocycles. The van der Waals surface area contributed by atoms with Gasteiger partial charge < -0.3 is 14.8 Å². The highest BCUT2D eigenvalue weighted by Gasteiger charge is 2.60. The Morgan fingerprint density at radius 2 is 2.13 bits per heavy atom. The molecular formula is C22H24N6O2. The van der Waals surface area contributed by atoms with Crippen molar-refractivity contribution in [2.45, 2.75) is 38.3 Å². The van der Waals surface area contributed by atoms with E-state index < -0.39 is 11.5 Å². The van der Waals surface area contributed by atoms with Crippen molar-refractivity contribution in [2.75, 3.05) is 11.9 Å². The minimum atomic E-state index is -0.864. The Balaban J connectivity index is 1.68. The van der Waals surface area contributed by atoms with E-state index in [2.05, 4.69) is 15.4 Å². The zero-order valence-corrected chi connectivity index (χ0v) is 17.3. The number of aryl methyl sites for hydroxylation is 3. The fraction of sp³-hybridized carbons (Fsp3) is 0.364. The zero-order valence-electron chi connectivity index (χ0n) is 17.3. The topological polar surface area (TPSA) is 85.1 Å². The second-order valence-electron chi connectivity index (χ2n) is 8.01. The number of para-hydroxylation sites is 1. The number of carbonyl (C=O) groups is 2. The minimum Gasteiger partial charge on any atom is -0.336 e. The van der Waals surface area contributed by atoms with Gasteiger partial charge in [0.15, 0.2) is 0 Å². The van der Waals surface area contributed by atoms with E-state index in [1.54, 1.807) is 15.8 Å². The molecule has 2 aliphatic rings. The Labute approximate surface area is 174 Å². The van der Waals surface area contributed by atoms with Crippen LogP contribution < -0.4 is 5.32 Å². The van der Waals surface area contributed by atoms with E-state index in [0.29, 0.717) is 31.0 Å². The number of hydrogen-bond acceptors (Lipinski definition) is 4. The summed E-state index contributed by atoms with van der Waals surface area (Å²) < 4.78 is 3.62. The van der Waals surface area contributed by atoms with Gasteiger partial charge in [-0.25, -0.2) is 4.98 Å². The maximum atomic E-state index is 13.7. The van der Waals surface area contributed by atoms with Gasteiger partial charge in [0.05, 0.1) is 5.69 Å². The lowest BCUT2D eigenvalue weighted by Gasteiger charge is -2.33. The summed E-state index contributed by atoms with van der Waals surface area (Å²) in [6.07, 6.45) is 4.10. The second-order valence-corrected chi connectivity index (χ2v) is 8.01. The van der Waals surface area contributed by atoms with Crippen LogP contribution >= 0.6 is 0 Å². The monoisotopic (exact) mass is 404 g/mol. The summed E-state index contributed by atoms with van der Waals surface area (Å²) in [6.45, 7) is 4.91. The third-order valence-electron chi connectivity index (χ3n) is 6.37. The van der Waals surface area contributed by atoms with Crippen molar-refractivity contribution in [1.29, 1.82) is 0 Å². The molecule has 4 heterocycles. The number of fused-ring (bicyclic) bond motifs is 2. The molecule has 2 atom stereocenters. The van der Waals surface area contributed by atoms with Gasteiger partial charge in [-0.3, -0.25) is 14.3 Å². The van der Waals surface area contributed by atoms with Gasteiger partial charge in [-0.15, -0.1) is 0 Å². The van der Waals surface area contributed by atoms with Gasteiger partial charge in [-0.05, 0) is 38.0 Å². The molecule has 2 aromatic heterocycles. The average molecular weight is 404 g/mol. The van der Waals surface area contributed by atoms with Crippen molar-refractivity contribution >= 4 is 17.5 Å². The van der Waals surface area contributed by atoms with E-state index in [4.69, 9.17) is 0 Å². The van der Waals surface area contributed by atoms with E-state index in [1.165, 1.54) is 0 Å². The first kappa shape index (κ1) is 18.6. The molecule has 1 fully saturated rings. The summed E-state index contributed by atoms with van der Waals surface area (Å²) in [6, 6.07) is 9.06. The Kier molecular flexibility index (Phi) is 4.06. The fourth-order valence-corrected chi connectivity index (χ4v) is 5.01. The van der Waals surface area contributed by atoms with Gasteiger partial charge in [0.25, 0.3) is 5.91 Å². The number of likely N-dealkylation sites (tertiary alicyclic amines) is 1. The number of imidazole rings is 1. The molecule has 2 aliphatic heterocycles. The van der Waals surface area contributed by atoms with E-state index in [-0.39, 0.29) is 11.8 Å². The molecule has 2 amide bonds. The lowest BCUT2D eigenvalue weighted by molar-refractivity contribution is -0.121. The summed E-state index contributed by atoms with van der Waals surface area (Å²) in [5.41, 5.74) is 2.21. The van der Waals surface area contributed by atoms with Gasteiger partial charge in [-0.1, -0.05) is 18.2 Å². The lowest BCUT2D eigenvalue weighted by Crippen LogP contribution is -2.44. The minimum absolute atomic E-state index is 0.0767. The third kappa shape index (κ3) is 2.39. The molecule has 1 aromatic carbocycles. The van der Waals surface area contributed by atoms with Gasteiger partial charge in [0.2, 0.25) is 5.91 Å². The Morgan fingerprint density at radius 1 is 1.33 bits per heavy atom. The number of rotatable bonds is 3. The summed E-state index contributed by atoms with van der Waals surface area (Å²) in [5, 5.41) is 7.47. The molecule has 1 spiro atoms. The maximum absolute atomic E-state index is 13.7. The van der Waals surface area contributed by atoms with Crippen LogP contribution in [0.1, 0.15) is 47.0 Å². The molecule has 5 rings (SSSR count). The molecule has 3 aromatic rings. The van der Waals surface area contributed by atoms with Crippen LogP contribution in [-0.4, -0.2) is 42.6 Å². The summed E-state index contributed by atoms with van der Waals surface area (Å²) >= 11 is 0. The summed E-state index contributed by atoms with van der Waals surface area (Å²) in [7, 11) is 1.90. The number of carbonyl (C=O) groups excluding carboxylic acids is 2. The standard InChI is InChI=1S/C22H24N6O2/c1-4-28-17(13-14(2)25-28)20(29)27-11-9-22(18(27)19-23-10-12-26(19)3)15-7-5-6-8-16(15)24-21(22)30/h5-8,10,12-13,18H,4,9,11H2,1-3H3,(H,24,30)/t18-,22+/m0/s1. The molecule has 0 bridgehead atoms. The largest absolute Gasteiger partial charge is 0.336 e. The summed E-state index contributed by atoms with van der Waals surface area (Å²) in [5.74, 6) is 0.499. The molecule has 8 nitrogen and oxygen atoms in total. The van der Waals surface area contributed by atoms with Crippen LogP contribution in [0.25, 0.3) is 0 Å². The Morgan fingerprint density at radius 3 is 2.87 bits per heavy atom. The number of nitrogens with zero attached hydrogens (tertiary/aromatic N) is 5. The maximum Gasteiger partial charge on any atom is 0.272 e. The fourth-order valence-electron chi connectivity index (χ4n) is 5.01. The Hall–Kier alpha value is -3.42. The van der Waals surface area contributed by atoms with E-state index in [1.807, 2.05) is 62.0 Å². The molecule has 0 unspecified atom stereocenters. The van der Waals surface area contributed by atoms with E-state index in [9.17, 15) is 9.59 Å².